The first-order valence-electron chi connectivity index (χ1n) is 13.2. The second kappa shape index (κ2) is 10.1. The zero-order valence-corrected chi connectivity index (χ0v) is 20.7. The van der Waals surface area contributed by atoms with E-state index in [0.29, 0.717) is 0 Å². The number of nitrogens with one attached hydrogen (secondary N) is 1. The predicted molar refractivity (Wildman–Crippen MR) is 148 cm³/mol. The molecule has 0 fully saturated rings. The maximum atomic E-state index is 13.5. The number of halogens is 1. The van der Waals surface area contributed by atoms with Crippen LogP contribution in [0.25, 0.3) is 17.2 Å². The molecule has 5 aliphatic rings. The summed E-state index contributed by atoms with van der Waals surface area (Å²) in [6, 6.07) is 18.3. The van der Waals surface area contributed by atoms with Gasteiger partial charge in [0.25, 0.3) is 0 Å². The highest BCUT2D eigenvalue weighted by molar-refractivity contribution is 5.78. The highest BCUT2D eigenvalue weighted by Gasteiger charge is 2.22. The fourth-order valence-corrected chi connectivity index (χ4v) is 5.94. The summed E-state index contributed by atoms with van der Waals surface area (Å²) in [6.07, 6.45) is 21.9. The zero-order valence-electron chi connectivity index (χ0n) is 20.7. The quantitative estimate of drug-likeness (QED) is 0.406. The SMILES string of the molecule is C1=CC2=CC=C(CC2)N1.Fc1cccc(CCc2cccc3c2CCc2c-3ccc3c2CCC=C3)c1. The van der Waals surface area contributed by atoms with Crippen LogP contribution in [0.2, 0.25) is 0 Å². The molecule has 0 atom stereocenters. The molecule has 2 heteroatoms. The van der Waals surface area contributed by atoms with E-state index < -0.39 is 0 Å². The van der Waals surface area contributed by atoms with E-state index in [1.165, 1.54) is 64.4 Å². The molecule has 0 aromatic heterocycles. The van der Waals surface area contributed by atoms with E-state index >= 15 is 0 Å². The summed E-state index contributed by atoms with van der Waals surface area (Å²) in [7, 11) is 0. The lowest BCUT2D eigenvalue weighted by atomic mass is 9.78. The van der Waals surface area contributed by atoms with Crippen molar-refractivity contribution >= 4 is 6.08 Å². The lowest BCUT2D eigenvalue weighted by Crippen LogP contribution is -2.12. The molecular weight excluding hydrogens is 441 g/mol. The van der Waals surface area contributed by atoms with Gasteiger partial charge in [0.1, 0.15) is 5.82 Å². The van der Waals surface area contributed by atoms with E-state index in [-0.39, 0.29) is 5.82 Å². The van der Waals surface area contributed by atoms with Crippen LogP contribution >= 0.6 is 0 Å². The molecule has 180 valence electrons. The number of hydrogen-bond donors (Lipinski definition) is 1. The van der Waals surface area contributed by atoms with Crippen molar-refractivity contribution in [2.45, 2.75) is 51.4 Å². The van der Waals surface area contributed by atoms with E-state index in [1.807, 2.05) is 12.3 Å². The summed E-state index contributed by atoms with van der Waals surface area (Å²) >= 11 is 0. The standard InChI is InChI=1S/C26H23F.C8H9N/c27-21-8-3-5-18(17-21)11-12-20-7-4-10-24-23(20)15-16-25-22-9-2-1-6-19(22)13-14-26(24)25;1-3-8-4-2-7(1)5-6-9-8/h1,3-8,10,13-14,17H,2,9,11-12,15-16H2;1,3,5-6,9H,2,4H2. The maximum absolute atomic E-state index is 13.5. The van der Waals surface area contributed by atoms with Crippen LogP contribution in [0, 0.1) is 5.82 Å². The molecule has 2 heterocycles. The summed E-state index contributed by atoms with van der Waals surface area (Å²) in [4.78, 5) is 0. The Labute approximate surface area is 213 Å². The van der Waals surface area contributed by atoms with Crippen LogP contribution in [-0.2, 0) is 32.1 Å². The lowest BCUT2D eigenvalue weighted by molar-refractivity contribution is 0.625. The third-order valence-corrected chi connectivity index (χ3v) is 7.83. The molecule has 3 aromatic rings. The van der Waals surface area contributed by atoms with Crippen molar-refractivity contribution in [2.24, 2.45) is 0 Å². The first-order chi connectivity index (χ1) is 17.7. The van der Waals surface area contributed by atoms with Gasteiger partial charge in [0.15, 0.2) is 0 Å². The van der Waals surface area contributed by atoms with Crippen molar-refractivity contribution in [3.05, 3.63) is 136 Å². The summed E-state index contributed by atoms with van der Waals surface area (Å²) in [5, 5.41) is 3.20. The molecule has 0 unspecified atom stereocenters. The van der Waals surface area contributed by atoms with Crippen molar-refractivity contribution in [2.75, 3.05) is 0 Å². The Morgan fingerprint density at radius 3 is 2.50 bits per heavy atom. The van der Waals surface area contributed by atoms with Crippen LogP contribution in [-0.4, -0.2) is 0 Å². The average molecular weight is 474 g/mol. The van der Waals surface area contributed by atoms with Gasteiger partial charge in [-0.3, -0.25) is 0 Å². The van der Waals surface area contributed by atoms with E-state index in [9.17, 15) is 4.39 Å². The molecule has 3 aromatic carbocycles. The first kappa shape index (κ1) is 22.8. The number of benzene rings is 3. The number of aryl methyl sites for hydroxylation is 2. The Balaban J connectivity index is 0.000000223. The van der Waals surface area contributed by atoms with Gasteiger partial charge in [-0.1, -0.05) is 60.7 Å². The smallest absolute Gasteiger partial charge is 0.123 e. The zero-order chi connectivity index (χ0) is 24.3. The van der Waals surface area contributed by atoms with Gasteiger partial charge < -0.3 is 5.32 Å². The number of rotatable bonds is 3. The van der Waals surface area contributed by atoms with Gasteiger partial charge in [0.05, 0.1) is 0 Å². The van der Waals surface area contributed by atoms with Crippen LogP contribution in [0.4, 0.5) is 4.39 Å². The second-order valence-electron chi connectivity index (χ2n) is 10.1. The molecular formula is C34H32FN. The Bertz CT molecular complexity index is 1420. The fraction of sp³-hybridized carbons (Fsp3) is 0.235. The summed E-state index contributed by atoms with van der Waals surface area (Å²) < 4.78 is 13.5. The van der Waals surface area contributed by atoms with Gasteiger partial charge in [-0.15, -0.1) is 0 Å². The number of allylic oxidation sites excluding steroid dienone is 6. The van der Waals surface area contributed by atoms with Gasteiger partial charge in [-0.05, 0) is 126 Å². The Kier molecular flexibility index (Phi) is 6.42. The van der Waals surface area contributed by atoms with Crippen molar-refractivity contribution < 1.29 is 4.39 Å². The van der Waals surface area contributed by atoms with Crippen LogP contribution in [0.3, 0.4) is 0 Å². The minimum Gasteiger partial charge on any atom is -0.365 e. The highest BCUT2D eigenvalue weighted by atomic mass is 19.1. The minimum absolute atomic E-state index is 0.143. The van der Waals surface area contributed by atoms with Gasteiger partial charge >= 0.3 is 0 Å². The minimum atomic E-state index is -0.143. The van der Waals surface area contributed by atoms with Gasteiger partial charge in [0, 0.05) is 11.9 Å². The van der Waals surface area contributed by atoms with E-state index in [4.69, 9.17) is 0 Å². The maximum Gasteiger partial charge on any atom is 0.123 e. The average Bonchev–Trinajstić information content (AvgIpc) is 3.30. The molecule has 2 bridgehead atoms. The summed E-state index contributed by atoms with van der Waals surface area (Å²) in [5.41, 5.74) is 14.1. The van der Waals surface area contributed by atoms with Crippen molar-refractivity contribution in [3.63, 3.8) is 0 Å². The van der Waals surface area contributed by atoms with E-state index in [1.54, 1.807) is 23.3 Å². The highest BCUT2D eigenvalue weighted by Crippen LogP contribution is 2.39. The molecule has 36 heavy (non-hydrogen) atoms. The van der Waals surface area contributed by atoms with Crippen LogP contribution < -0.4 is 5.32 Å². The fourth-order valence-electron chi connectivity index (χ4n) is 5.94. The molecule has 0 saturated heterocycles. The lowest BCUT2D eigenvalue weighted by Gasteiger charge is -2.27. The van der Waals surface area contributed by atoms with E-state index in [2.05, 4.69) is 66.0 Å². The largest absolute Gasteiger partial charge is 0.365 e. The number of fused-ring (bicyclic) bond motifs is 8. The first-order valence-corrected chi connectivity index (χ1v) is 13.2. The molecule has 0 radical (unpaired) electrons. The van der Waals surface area contributed by atoms with Crippen LogP contribution in [0.1, 0.15) is 52.6 Å². The topological polar surface area (TPSA) is 12.0 Å². The monoisotopic (exact) mass is 473 g/mol. The van der Waals surface area contributed by atoms with Crippen molar-refractivity contribution in [1.82, 2.24) is 5.32 Å². The molecule has 1 nitrogen and oxygen atoms in total. The van der Waals surface area contributed by atoms with Gasteiger partial charge in [-0.25, -0.2) is 4.39 Å². The van der Waals surface area contributed by atoms with Gasteiger partial charge in [0.2, 0.25) is 0 Å². The molecule has 1 N–H and O–H groups in total. The summed E-state index contributed by atoms with van der Waals surface area (Å²) in [6.45, 7) is 0. The van der Waals surface area contributed by atoms with Crippen molar-refractivity contribution in [3.8, 4) is 11.1 Å². The molecule has 3 aliphatic carbocycles. The predicted octanol–water partition coefficient (Wildman–Crippen LogP) is 8.04. The third kappa shape index (κ3) is 4.73. The van der Waals surface area contributed by atoms with E-state index in [0.717, 1.165) is 37.7 Å². The summed E-state index contributed by atoms with van der Waals surface area (Å²) in [5.74, 6) is -0.143. The second-order valence-corrected chi connectivity index (χ2v) is 10.1. The molecule has 0 spiro atoms. The Hall–Kier alpha value is -3.65. The molecule has 2 aliphatic heterocycles. The van der Waals surface area contributed by atoms with Crippen molar-refractivity contribution in [1.29, 1.82) is 0 Å². The molecule has 0 saturated carbocycles. The Morgan fingerprint density at radius 1 is 0.722 bits per heavy atom. The normalized spacial score (nSPS) is 16.4. The Morgan fingerprint density at radius 2 is 1.61 bits per heavy atom. The van der Waals surface area contributed by atoms with Crippen LogP contribution in [0.15, 0.2) is 96.4 Å². The number of hydrogen-bond acceptors (Lipinski definition) is 1. The molecule has 8 rings (SSSR count). The third-order valence-electron chi connectivity index (χ3n) is 7.83. The van der Waals surface area contributed by atoms with Gasteiger partial charge in [-0.2, -0.15) is 0 Å². The molecule has 0 amide bonds. The van der Waals surface area contributed by atoms with Crippen LogP contribution in [0.5, 0.6) is 0 Å².